The Morgan fingerprint density at radius 3 is 1.32 bits per heavy atom. The molecule has 19 rings (SSSR count). The fraction of sp³-hybridized carbons (Fsp3) is 0.0330. The van der Waals surface area contributed by atoms with Gasteiger partial charge in [0.1, 0.15) is 0 Å². The second kappa shape index (κ2) is 21.3. The molecule has 2 atom stereocenters. The molecule has 0 saturated heterocycles. The van der Waals surface area contributed by atoms with Crippen molar-refractivity contribution in [1.82, 2.24) is 13.7 Å². The summed E-state index contributed by atoms with van der Waals surface area (Å²) in [5, 5.41) is 7.40. The van der Waals surface area contributed by atoms with Crippen LogP contribution in [0, 0.1) is 0 Å². The number of allylic oxidation sites excluding steroid dienone is 4. The van der Waals surface area contributed by atoms with Gasteiger partial charge in [-0.3, -0.25) is 0 Å². The van der Waals surface area contributed by atoms with E-state index in [9.17, 15) is 0 Å². The quantitative estimate of drug-likeness (QED) is 0.137. The van der Waals surface area contributed by atoms with E-state index in [0.717, 1.165) is 17.1 Å². The number of hydrogen-bond acceptors (Lipinski definition) is 0. The van der Waals surface area contributed by atoms with Crippen LogP contribution in [0.1, 0.15) is 29.5 Å². The Morgan fingerprint density at radius 1 is 0.255 bits per heavy atom. The first-order chi connectivity index (χ1) is 46.5. The van der Waals surface area contributed by atoms with E-state index in [1.807, 2.05) is 0 Å². The number of rotatable bonds is 9. The predicted molar refractivity (Wildman–Crippen MR) is 396 cm³/mol. The summed E-state index contributed by atoms with van der Waals surface area (Å²) in [6.45, 7) is 2.45. The Balaban J connectivity index is 0.680. The molecule has 0 bridgehead atoms. The normalized spacial score (nSPS) is 15.0. The van der Waals surface area contributed by atoms with Crippen LogP contribution in [-0.2, 0) is 5.41 Å². The summed E-state index contributed by atoms with van der Waals surface area (Å²) in [5.41, 5.74) is 30.1. The van der Waals surface area contributed by atoms with Crippen molar-refractivity contribution in [3.8, 4) is 83.8 Å². The molecule has 0 aliphatic heterocycles. The summed E-state index contributed by atoms with van der Waals surface area (Å²) in [7, 11) is 0. The number of hydrogen-bond donors (Lipinski definition) is 0. The maximum atomic E-state index is 2.55. The fourth-order valence-electron chi connectivity index (χ4n) is 16.0. The number of aromatic nitrogens is 3. The van der Waals surface area contributed by atoms with Gasteiger partial charge >= 0.3 is 0 Å². The minimum Gasteiger partial charge on any atom is -0.309 e. The molecular formula is C91H61N3. The lowest BCUT2D eigenvalue weighted by molar-refractivity contribution is 0.521. The summed E-state index contributed by atoms with van der Waals surface area (Å²) in [4.78, 5) is 0. The minimum atomic E-state index is -0.279. The van der Waals surface area contributed by atoms with E-state index in [0.29, 0.717) is 0 Å². The third kappa shape index (κ3) is 8.52. The second-order valence-corrected chi connectivity index (χ2v) is 25.8. The van der Waals surface area contributed by atoms with Gasteiger partial charge in [-0.1, -0.05) is 237 Å². The van der Waals surface area contributed by atoms with Crippen molar-refractivity contribution in [2.24, 2.45) is 0 Å². The molecule has 3 heterocycles. The first-order valence-electron chi connectivity index (χ1n) is 32.7. The first-order valence-corrected chi connectivity index (χ1v) is 32.7. The zero-order valence-electron chi connectivity index (χ0n) is 51.8. The van der Waals surface area contributed by atoms with E-state index in [1.54, 1.807) is 0 Å². The molecule has 0 N–H and O–H groups in total. The smallest absolute Gasteiger partial charge is 0.0547 e. The Labute approximate surface area is 546 Å². The minimum absolute atomic E-state index is 0.152. The maximum Gasteiger partial charge on any atom is 0.0547 e. The highest BCUT2D eigenvalue weighted by atomic mass is 15.0. The van der Waals surface area contributed by atoms with E-state index in [-0.39, 0.29) is 11.3 Å². The van der Waals surface area contributed by atoms with Crippen molar-refractivity contribution in [3.05, 3.63) is 363 Å². The summed E-state index contributed by atoms with van der Waals surface area (Å²) in [5.74, 6) is 0.152. The van der Waals surface area contributed by atoms with Crippen LogP contribution >= 0.6 is 0 Å². The van der Waals surface area contributed by atoms with Crippen molar-refractivity contribution in [3.63, 3.8) is 0 Å². The lowest BCUT2D eigenvalue weighted by Gasteiger charge is -2.43. The summed E-state index contributed by atoms with van der Waals surface area (Å²) >= 11 is 0. The van der Waals surface area contributed by atoms with Gasteiger partial charge in [-0.2, -0.15) is 0 Å². The highest BCUT2D eigenvalue weighted by Crippen LogP contribution is 2.56. The van der Waals surface area contributed by atoms with Crippen LogP contribution in [0.25, 0.3) is 155 Å². The molecular weight excluding hydrogens is 1140 g/mol. The van der Waals surface area contributed by atoms with Gasteiger partial charge < -0.3 is 13.7 Å². The van der Waals surface area contributed by atoms with Crippen LogP contribution in [0.3, 0.4) is 0 Å². The molecule has 2 unspecified atom stereocenters. The van der Waals surface area contributed by atoms with Crippen molar-refractivity contribution < 1.29 is 0 Å². The lowest BCUT2D eigenvalue weighted by atomic mass is 9.59. The van der Waals surface area contributed by atoms with E-state index in [1.165, 1.54) is 154 Å². The van der Waals surface area contributed by atoms with Gasteiger partial charge in [0.15, 0.2) is 0 Å². The van der Waals surface area contributed by atoms with Gasteiger partial charge in [0, 0.05) is 60.7 Å². The monoisotopic (exact) mass is 1200 g/mol. The molecule has 94 heavy (non-hydrogen) atoms. The number of nitrogens with zero attached hydrogens (tertiary/aromatic N) is 3. The van der Waals surface area contributed by atoms with Crippen LogP contribution in [0.5, 0.6) is 0 Å². The molecule has 3 heteroatoms. The van der Waals surface area contributed by atoms with E-state index >= 15 is 0 Å². The zero-order valence-corrected chi connectivity index (χ0v) is 51.8. The molecule has 17 aromatic rings. The zero-order chi connectivity index (χ0) is 62.0. The molecule has 0 amide bonds. The Hall–Kier alpha value is -12.0. The molecule has 0 radical (unpaired) electrons. The molecule has 440 valence electrons. The summed E-state index contributed by atoms with van der Waals surface area (Å²) < 4.78 is 7.31. The topological polar surface area (TPSA) is 14.8 Å². The van der Waals surface area contributed by atoms with E-state index in [4.69, 9.17) is 0 Å². The van der Waals surface area contributed by atoms with E-state index < -0.39 is 0 Å². The van der Waals surface area contributed by atoms with Gasteiger partial charge in [0.2, 0.25) is 0 Å². The second-order valence-electron chi connectivity index (χ2n) is 25.8. The highest BCUT2D eigenvalue weighted by Gasteiger charge is 2.42. The maximum absolute atomic E-state index is 2.55. The van der Waals surface area contributed by atoms with Gasteiger partial charge in [-0.15, -0.1) is 0 Å². The number of fused-ring (bicyclic) bond motifs is 15. The summed E-state index contributed by atoms with van der Waals surface area (Å²) in [6.07, 6.45) is 7.40. The largest absolute Gasteiger partial charge is 0.309 e. The van der Waals surface area contributed by atoms with Crippen LogP contribution < -0.4 is 0 Å². The molecule has 3 aromatic heterocycles. The van der Waals surface area contributed by atoms with Crippen LogP contribution in [0.2, 0.25) is 0 Å². The third-order valence-electron chi connectivity index (χ3n) is 20.5. The van der Waals surface area contributed by atoms with Crippen molar-refractivity contribution >= 4 is 71.0 Å². The Kier molecular flexibility index (Phi) is 12.2. The third-order valence-corrected chi connectivity index (χ3v) is 20.5. The molecule has 0 saturated carbocycles. The van der Waals surface area contributed by atoms with Crippen LogP contribution in [0.15, 0.2) is 346 Å². The SMILES string of the molecule is CC12C=C(c3cccc(-c4cc(-c5ccccc5)cc(-c5ccccc5)c4)c3)C=CC1c1ccc(-c3ccc4c5cc(-n6c7ccccc7c7cc(-c8ccc9c(c8)c8ccccc8n9-c8ccccc8)ccc76)ccc5n(-c5ccccc5)c4c3)cc1-c1ccccc12. The first kappa shape index (κ1) is 53.8. The molecule has 2 aliphatic carbocycles. The van der Waals surface area contributed by atoms with Crippen LogP contribution in [-0.4, -0.2) is 13.7 Å². The van der Waals surface area contributed by atoms with Crippen molar-refractivity contribution in [1.29, 1.82) is 0 Å². The van der Waals surface area contributed by atoms with Crippen molar-refractivity contribution in [2.75, 3.05) is 0 Å². The highest BCUT2D eigenvalue weighted by molar-refractivity contribution is 6.15. The molecule has 0 spiro atoms. The van der Waals surface area contributed by atoms with Gasteiger partial charge in [-0.05, 0) is 204 Å². The molecule has 2 aliphatic rings. The Bertz CT molecular complexity index is 5920. The predicted octanol–water partition coefficient (Wildman–Crippen LogP) is 24.0. The molecule has 0 fully saturated rings. The van der Waals surface area contributed by atoms with Gasteiger partial charge in [-0.25, -0.2) is 0 Å². The summed E-state index contributed by atoms with van der Waals surface area (Å²) in [6, 6.07) is 121. The average molecular weight is 1200 g/mol. The van der Waals surface area contributed by atoms with E-state index in [2.05, 4.69) is 366 Å². The standard InChI is InChI=1S/C91H61N3/c1-91-58-67(61-25-20-26-62(49-61)70-51-68(59-21-6-2-7-22-59)50-69(52-70)60-23-8-3-9-24-60)39-45-84(91)75-43-37-63(53-79(75)74-31-14-17-34-83(74)91)66-38-44-78-82-57-73(42-48-89(82)93(90(78)56-66)72-29-12-5-13-30-72)94-86-36-19-16-33-77(86)81-55-65(41-47-88(81)94)64-40-46-87-80(54-64)76-32-15-18-35-85(76)92(87)71-27-10-4-11-28-71/h2-58,84H,1H3. The number of benzene rings is 14. The fourth-order valence-corrected chi connectivity index (χ4v) is 16.0. The lowest BCUT2D eigenvalue weighted by Crippen LogP contribution is -2.33. The van der Waals surface area contributed by atoms with Crippen molar-refractivity contribution in [2.45, 2.75) is 18.3 Å². The average Bonchev–Trinajstić information content (AvgIpc) is 0.961. The van der Waals surface area contributed by atoms with Crippen LogP contribution in [0.4, 0.5) is 0 Å². The Morgan fingerprint density at radius 2 is 0.681 bits per heavy atom. The molecule has 3 nitrogen and oxygen atoms in total. The number of para-hydroxylation sites is 4. The van der Waals surface area contributed by atoms with Gasteiger partial charge in [0.05, 0.1) is 33.1 Å². The van der Waals surface area contributed by atoms with Gasteiger partial charge in [0.25, 0.3) is 0 Å². The molecule has 14 aromatic carbocycles.